The fourth-order valence-corrected chi connectivity index (χ4v) is 4.16. The molecule has 0 radical (unpaired) electrons. The monoisotopic (exact) mass is 544 g/mol. The van der Waals surface area contributed by atoms with Crippen LogP contribution in [0.5, 0.6) is 0 Å². The summed E-state index contributed by atoms with van der Waals surface area (Å²) >= 11 is 0. The highest BCUT2D eigenvalue weighted by atomic mass is 16.4. The Bertz CT molecular complexity index is 1180. The van der Waals surface area contributed by atoms with Crippen LogP contribution in [-0.2, 0) is 30.4 Å². The molecule has 0 bridgehead atoms. The molecule has 5 atom stereocenters. The Balaban J connectivity index is 2.32. The number of hydrogen-bond donors (Lipinski definition) is 7. The predicted octanol–water partition coefficient (Wildman–Crippen LogP) is 0.544. The number of H-pyrrole nitrogens is 1. The molecular formula is C27H40N6O6. The summed E-state index contributed by atoms with van der Waals surface area (Å²) in [5.41, 5.74) is 12.9. The summed E-state index contributed by atoms with van der Waals surface area (Å²) < 4.78 is 0. The van der Waals surface area contributed by atoms with Crippen molar-refractivity contribution in [3.05, 3.63) is 36.0 Å². The summed E-state index contributed by atoms with van der Waals surface area (Å²) in [5, 5.41) is 17.9. The number of carboxylic acids is 1. The molecule has 9 N–H and O–H groups in total. The minimum atomic E-state index is -1.54. The van der Waals surface area contributed by atoms with E-state index in [2.05, 4.69) is 20.9 Å². The lowest BCUT2D eigenvalue weighted by atomic mass is 9.97. The Labute approximate surface area is 227 Å². The van der Waals surface area contributed by atoms with Crippen molar-refractivity contribution in [2.75, 3.05) is 0 Å². The highest BCUT2D eigenvalue weighted by Gasteiger charge is 2.32. The van der Waals surface area contributed by atoms with Crippen LogP contribution in [0.3, 0.4) is 0 Å². The lowest BCUT2D eigenvalue weighted by Gasteiger charge is -2.26. The van der Waals surface area contributed by atoms with Crippen LogP contribution in [0.4, 0.5) is 0 Å². The number of aliphatic carboxylic acids is 1. The van der Waals surface area contributed by atoms with Crippen molar-refractivity contribution in [2.45, 2.75) is 77.5 Å². The van der Waals surface area contributed by atoms with Gasteiger partial charge < -0.3 is 37.5 Å². The molecule has 0 saturated heterocycles. The topological polar surface area (TPSA) is 209 Å². The predicted molar refractivity (Wildman–Crippen MR) is 146 cm³/mol. The molecule has 0 saturated carbocycles. The molecule has 12 nitrogen and oxygen atoms in total. The lowest BCUT2D eigenvalue weighted by molar-refractivity contribution is -0.144. The van der Waals surface area contributed by atoms with E-state index >= 15 is 0 Å². The summed E-state index contributed by atoms with van der Waals surface area (Å²) in [6.07, 6.45) is 2.12. The van der Waals surface area contributed by atoms with Crippen molar-refractivity contribution >= 4 is 40.5 Å². The van der Waals surface area contributed by atoms with Gasteiger partial charge in [0.05, 0.1) is 12.5 Å². The van der Waals surface area contributed by atoms with Gasteiger partial charge in [-0.05, 0) is 29.9 Å². The number of aromatic nitrogens is 1. The minimum Gasteiger partial charge on any atom is -0.480 e. The number of carboxylic acid groups (broad SMARTS) is 1. The SMILES string of the molecule is CCC(C)C(N)C(=O)NC(Cc1c[nH]c2ccccc12)C(=O)NC(CC(C)C)C(=O)NC(CC(N)=O)C(=O)O. The van der Waals surface area contributed by atoms with Gasteiger partial charge in [0.15, 0.2) is 0 Å². The molecule has 214 valence electrons. The molecule has 2 rings (SSSR count). The average Bonchev–Trinajstić information content (AvgIpc) is 3.28. The van der Waals surface area contributed by atoms with Crippen molar-refractivity contribution in [1.29, 1.82) is 0 Å². The number of hydrogen-bond acceptors (Lipinski definition) is 6. The van der Waals surface area contributed by atoms with Gasteiger partial charge >= 0.3 is 5.97 Å². The molecule has 0 aliphatic rings. The van der Waals surface area contributed by atoms with E-state index in [1.807, 2.05) is 52.0 Å². The van der Waals surface area contributed by atoms with Crippen LogP contribution in [0, 0.1) is 11.8 Å². The van der Waals surface area contributed by atoms with E-state index in [1.54, 1.807) is 6.20 Å². The van der Waals surface area contributed by atoms with Gasteiger partial charge in [0, 0.05) is 23.5 Å². The maximum absolute atomic E-state index is 13.5. The van der Waals surface area contributed by atoms with Crippen molar-refractivity contribution < 1.29 is 29.1 Å². The number of carbonyl (C=O) groups is 5. The molecule has 12 heteroatoms. The molecule has 39 heavy (non-hydrogen) atoms. The summed E-state index contributed by atoms with van der Waals surface area (Å²) in [4.78, 5) is 65.5. The second kappa shape index (κ2) is 14.3. The van der Waals surface area contributed by atoms with Crippen molar-refractivity contribution in [3.63, 3.8) is 0 Å². The summed E-state index contributed by atoms with van der Waals surface area (Å²) in [5.74, 6) is -4.42. The van der Waals surface area contributed by atoms with Gasteiger partial charge in [-0.1, -0.05) is 52.3 Å². The van der Waals surface area contributed by atoms with E-state index < -0.39 is 60.2 Å². The molecule has 1 heterocycles. The molecule has 0 spiro atoms. The number of amides is 4. The van der Waals surface area contributed by atoms with Crippen LogP contribution in [-0.4, -0.2) is 63.9 Å². The van der Waals surface area contributed by atoms with E-state index in [4.69, 9.17) is 11.5 Å². The van der Waals surface area contributed by atoms with E-state index in [0.29, 0.717) is 6.42 Å². The number of benzene rings is 1. The van der Waals surface area contributed by atoms with Gasteiger partial charge in [-0.25, -0.2) is 4.79 Å². The molecule has 0 aliphatic carbocycles. The number of para-hydroxylation sites is 1. The van der Waals surface area contributed by atoms with Gasteiger partial charge in [0.1, 0.15) is 18.1 Å². The minimum absolute atomic E-state index is 0.0547. The second-order valence-corrected chi connectivity index (χ2v) is 10.3. The summed E-state index contributed by atoms with van der Waals surface area (Å²) in [7, 11) is 0. The van der Waals surface area contributed by atoms with E-state index in [-0.39, 0.29) is 24.7 Å². The first-order chi connectivity index (χ1) is 18.3. The molecule has 5 unspecified atom stereocenters. The smallest absolute Gasteiger partial charge is 0.326 e. The fraction of sp³-hybridized carbons (Fsp3) is 0.519. The number of aromatic amines is 1. The number of carbonyl (C=O) groups excluding carboxylic acids is 4. The average molecular weight is 545 g/mol. The maximum atomic E-state index is 13.5. The van der Waals surface area contributed by atoms with Crippen LogP contribution in [0.1, 0.15) is 52.5 Å². The highest BCUT2D eigenvalue weighted by Crippen LogP contribution is 2.20. The van der Waals surface area contributed by atoms with Crippen molar-refractivity contribution in [1.82, 2.24) is 20.9 Å². The maximum Gasteiger partial charge on any atom is 0.326 e. The third kappa shape index (κ3) is 9.10. The molecule has 2 aromatic rings. The zero-order valence-electron chi connectivity index (χ0n) is 22.8. The zero-order chi connectivity index (χ0) is 29.3. The molecule has 4 amide bonds. The standard InChI is InChI=1S/C27H40N6O6/c1-5-15(4)23(29)26(37)32-20(11-16-13-30-18-9-7-6-8-17(16)18)25(36)31-19(10-14(2)3)24(35)33-21(27(38)39)12-22(28)34/h6-9,13-15,19-21,23,30H,5,10-12,29H2,1-4H3,(H2,28,34)(H,31,36)(H,32,37)(H,33,35)(H,38,39). The van der Waals surface area contributed by atoms with Crippen LogP contribution in [0.25, 0.3) is 10.9 Å². The molecule has 0 aliphatic heterocycles. The van der Waals surface area contributed by atoms with Gasteiger partial charge in [-0.2, -0.15) is 0 Å². The number of primary amides is 1. The van der Waals surface area contributed by atoms with E-state index in [9.17, 15) is 29.1 Å². The van der Waals surface area contributed by atoms with E-state index in [1.165, 1.54) is 0 Å². The van der Waals surface area contributed by atoms with Crippen LogP contribution in [0.15, 0.2) is 30.5 Å². The molecule has 1 aromatic heterocycles. The fourth-order valence-electron chi connectivity index (χ4n) is 4.16. The first-order valence-electron chi connectivity index (χ1n) is 13.1. The zero-order valence-corrected chi connectivity index (χ0v) is 22.8. The van der Waals surface area contributed by atoms with Crippen LogP contribution in [0.2, 0.25) is 0 Å². The van der Waals surface area contributed by atoms with Gasteiger partial charge in [0.2, 0.25) is 23.6 Å². The Morgan fingerprint density at radius 2 is 1.51 bits per heavy atom. The number of rotatable bonds is 15. The number of fused-ring (bicyclic) bond motifs is 1. The normalized spacial score (nSPS) is 15.1. The Hall–Kier alpha value is -3.93. The van der Waals surface area contributed by atoms with Crippen molar-refractivity contribution in [2.24, 2.45) is 23.3 Å². The van der Waals surface area contributed by atoms with Gasteiger partial charge in [0.25, 0.3) is 0 Å². The lowest BCUT2D eigenvalue weighted by Crippen LogP contribution is -2.58. The largest absolute Gasteiger partial charge is 0.480 e. The van der Waals surface area contributed by atoms with E-state index in [0.717, 1.165) is 16.5 Å². The van der Waals surface area contributed by atoms with Crippen LogP contribution < -0.4 is 27.4 Å². The first-order valence-corrected chi connectivity index (χ1v) is 13.1. The van der Waals surface area contributed by atoms with Gasteiger partial charge in [-0.15, -0.1) is 0 Å². The molecular weight excluding hydrogens is 504 g/mol. The summed E-state index contributed by atoms with van der Waals surface area (Å²) in [6.45, 7) is 7.42. The quantitative estimate of drug-likeness (QED) is 0.169. The molecule has 0 fully saturated rings. The first kappa shape index (κ1) is 31.3. The second-order valence-electron chi connectivity index (χ2n) is 10.3. The van der Waals surface area contributed by atoms with Crippen molar-refractivity contribution in [3.8, 4) is 0 Å². The summed E-state index contributed by atoms with van der Waals surface area (Å²) in [6, 6.07) is 2.93. The third-order valence-electron chi connectivity index (χ3n) is 6.65. The number of nitrogens with two attached hydrogens (primary N) is 2. The third-order valence-corrected chi connectivity index (χ3v) is 6.65. The Morgan fingerprint density at radius 3 is 2.10 bits per heavy atom. The Morgan fingerprint density at radius 1 is 0.923 bits per heavy atom. The van der Waals surface area contributed by atoms with Gasteiger partial charge in [-0.3, -0.25) is 19.2 Å². The Kier molecular flexibility index (Phi) is 11.5. The number of nitrogens with one attached hydrogen (secondary N) is 4. The highest BCUT2D eigenvalue weighted by molar-refractivity contribution is 5.95. The molecule has 1 aromatic carbocycles. The van der Waals surface area contributed by atoms with Crippen LogP contribution >= 0.6 is 0 Å².